The molecule has 0 unspecified atom stereocenters. The molecule has 0 aromatic heterocycles. The van der Waals surface area contributed by atoms with Crippen LogP contribution in [0.25, 0.3) is 0 Å². The Kier molecular flexibility index (Phi) is 6.45. The molecular weight excluding hydrogens is 146 g/mol. The van der Waals surface area contributed by atoms with Crippen molar-refractivity contribution < 1.29 is 0 Å². The van der Waals surface area contributed by atoms with Crippen molar-refractivity contribution in [1.82, 2.24) is 5.32 Å². The van der Waals surface area contributed by atoms with Gasteiger partial charge in [0.25, 0.3) is 0 Å². The van der Waals surface area contributed by atoms with Gasteiger partial charge in [-0.15, -0.1) is 0 Å². The molecule has 0 aliphatic heterocycles. The monoisotopic (exact) mass is 171 g/mol. The van der Waals surface area contributed by atoms with Gasteiger partial charge in [0, 0.05) is 12.1 Å². The first-order valence-corrected chi connectivity index (χ1v) is 5.32. The van der Waals surface area contributed by atoms with E-state index in [1.165, 1.54) is 19.3 Å². The fourth-order valence-electron chi connectivity index (χ4n) is 1.19. The van der Waals surface area contributed by atoms with E-state index in [0.717, 1.165) is 5.92 Å². The number of hydrogen-bond donors (Lipinski definition) is 1. The summed E-state index contributed by atoms with van der Waals surface area (Å²) in [6.45, 7) is 10.9. The average molecular weight is 171 g/mol. The van der Waals surface area contributed by atoms with Gasteiger partial charge >= 0.3 is 0 Å². The minimum atomic E-state index is 0.625. The molecule has 1 nitrogen and oxygen atoms in total. The van der Waals surface area contributed by atoms with E-state index < -0.39 is 0 Å². The van der Waals surface area contributed by atoms with Gasteiger partial charge in [-0.2, -0.15) is 0 Å². The Morgan fingerprint density at radius 2 is 1.50 bits per heavy atom. The molecule has 1 N–H and O–H groups in total. The van der Waals surface area contributed by atoms with Crippen LogP contribution in [-0.2, 0) is 0 Å². The van der Waals surface area contributed by atoms with E-state index in [1.54, 1.807) is 0 Å². The standard InChI is InChI=1S/C6H15N.C5H10/c1-5(2)7-6(3)4;1-2-5-3-4-5/h5-7H,1-4H3;5H,2-4H2,1H3. The summed E-state index contributed by atoms with van der Waals surface area (Å²) < 4.78 is 0. The second-order valence-corrected chi connectivity index (χ2v) is 4.33. The fourth-order valence-corrected chi connectivity index (χ4v) is 1.19. The highest BCUT2D eigenvalue weighted by molar-refractivity contribution is 4.69. The SMILES string of the molecule is CC(C)NC(C)C.CCC1CC1. The average Bonchev–Trinajstić information content (AvgIpc) is 2.66. The Hall–Kier alpha value is -0.0400. The third-order valence-electron chi connectivity index (χ3n) is 1.94. The lowest BCUT2D eigenvalue weighted by Crippen LogP contribution is -2.29. The van der Waals surface area contributed by atoms with Crippen molar-refractivity contribution in [2.24, 2.45) is 5.92 Å². The van der Waals surface area contributed by atoms with E-state index in [9.17, 15) is 0 Å². The van der Waals surface area contributed by atoms with Gasteiger partial charge in [-0.05, 0) is 5.92 Å². The highest BCUT2D eigenvalue weighted by Gasteiger charge is 2.17. The van der Waals surface area contributed by atoms with E-state index in [2.05, 4.69) is 39.9 Å². The Morgan fingerprint density at radius 1 is 1.08 bits per heavy atom. The molecule has 1 heteroatoms. The van der Waals surface area contributed by atoms with Gasteiger partial charge in [-0.1, -0.05) is 53.9 Å². The first-order valence-electron chi connectivity index (χ1n) is 5.32. The van der Waals surface area contributed by atoms with Crippen LogP contribution < -0.4 is 5.32 Å². The third kappa shape index (κ3) is 9.96. The van der Waals surface area contributed by atoms with Crippen LogP contribution in [0.15, 0.2) is 0 Å². The molecule has 0 saturated heterocycles. The Bertz CT molecular complexity index is 87.2. The summed E-state index contributed by atoms with van der Waals surface area (Å²) in [5, 5.41) is 3.31. The quantitative estimate of drug-likeness (QED) is 0.687. The van der Waals surface area contributed by atoms with Crippen molar-refractivity contribution in [1.29, 1.82) is 0 Å². The highest BCUT2D eigenvalue weighted by atomic mass is 14.9. The summed E-state index contributed by atoms with van der Waals surface area (Å²) in [6.07, 6.45) is 4.44. The summed E-state index contributed by atoms with van der Waals surface area (Å²) >= 11 is 0. The lowest BCUT2D eigenvalue weighted by Gasteiger charge is -2.10. The molecule has 0 spiro atoms. The van der Waals surface area contributed by atoms with E-state index in [-0.39, 0.29) is 0 Å². The largest absolute Gasteiger partial charge is 0.312 e. The van der Waals surface area contributed by atoms with Crippen molar-refractivity contribution in [2.75, 3.05) is 0 Å². The van der Waals surface area contributed by atoms with Crippen molar-refractivity contribution >= 4 is 0 Å². The first kappa shape index (κ1) is 12.0. The first-order chi connectivity index (χ1) is 5.56. The summed E-state index contributed by atoms with van der Waals surface area (Å²) in [6, 6.07) is 1.25. The summed E-state index contributed by atoms with van der Waals surface area (Å²) in [7, 11) is 0. The molecule has 1 rings (SSSR count). The molecule has 1 aliphatic carbocycles. The summed E-state index contributed by atoms with van der Waals surface area (Å²) in [5.74, 6) is 1.13. The van der Waals surface area contributed by atoms with E-state index in [0.29, 0.717) is 12.1 Å². The van der Waals surface area contributed by atoms with Crippen LogP contribution in [-0.4, -0.2) is 12.1 Å². The number of rotatable bonds is 3. The topological polar surface area (TPSA) is 12.0 Å². The molecule has 0 amide bonds. The third-order valence-corrected chi connectivity index (χ3v) is 1.94. The van der Waals surface area contributed by atoms with Crippen molar-refractivity contribution in [3.05, 3.63) is 0 Å². The predicted octanol–water partition coefficient (Wildman–Crippen LogP) is 3.20. The van der Waals surface area contributed by atoms with Crippen LogP contribution >= 0.6 is 0 Å². The predicted molar refractivity (Wildman–Crippen MR) is 56.4 cm³/mol. The maximum absolute atomic E-state index is 3.31. The van der Waals surface area contributed by atoms with Gasteiger partial charge in [0.15, 0.2) is 0 Å². The molecule has 74 valence electrons. The zero-order valence-corrected chi connectivity index (χ0v) is 9.35. The van der Waals surface area contributed by atoms with Crippen molar-refractivity contribution in [2.45, 2.75) is 66.0 Å². The van der Waals surface area contributed by atoms with Crippen molar-refractivity contribution in [3.8, 4) is 0 Å². The molecule has 0 aromatic rings. The zero-order chi connectivity index (χ0) is 9.56. The summed E-state index contributed by atoms with van der Waals surface area (Å²) in [5.41, 5.74) is 0. The summed E-state index contributed by atoms with van der Waals surface area (Å²) in [4.78, 5) is 0. The lowest BCUT2D eigenvalue weighted by molar-refractivity contribution is 0.518. The van der Waals surface area contributed by atoms with Crippen LogP contribution in [0.2, 0.25) is 0 Å². The molecule has 0 radical (unpaired) electrons. The highest BCUT2D eigenvalue weighted by Crippen LogP contribution is 2.31. The molecule has 0 atom stereocenters. The minimum Gasteiger partial charge on any atom is -0.312 e. The normalized spacial score (nSPS) is 16.2. The van der Waals surface area contributed by atoms with Crippen LogP contribution in [0.4, 0.5) is 0 Å². The van der Waals surface area contributed by atoms with Gasteiger partial charge in [-0.25, -0.2) is 0 Å². The zero-order valence-electron chi connectivity index (χ0n) is 9.35. The number of nitrogens with one attached hydrogen (secondary N) is 1. The fraction of sp³-hybridized carbons (Fsp3) is 1.00. The minimum absolute atomic E-state index is 0.625. The van der Waals surface area contributed by atoms with Gasteiger partial charge in [0.2, 0.25) is 0 Å². The molecule has 1 aliphatic rings. The molecule has 0 bridgehead atoms. The Labute approximate surface area is 77.9 Å². The smallest absolute Gasteiger partial charge is 0.00127 e. The van der Waals surface area contributed by atoms with E-state index >= 15 is 0 Å². The molecule has 0 heterocycles. The molecule has 1 saturated carbocycles. The second-order valence-electron chi connectivity index (χ2n) is 4.33. The van der Waals surface area contributed by atoms with Crippen LogP contribution in [0, 0.1) is 5.92 Å². The van der Waals surface area contributed by atoms with E-state index in [4.69, 9.17) is 0 Å². The van der Waals surface area contributed by atoms with Crippen LogP contribution in [0.5, 0.6) is 0 Å². The Balaban J connectivity index is 0.000000211. The van der Waals surface area contributed by atoms with Crippen LogP contribution in [0.1, 0.15) is 53.9 Å². The lowest BCUT2D eigenvalue weighted by atomic mass is 10.3. The van der Waals surface area contributed by atoms with Crippen LogP contribution in [0.3, 0.4) is 0 Å². The molecule has 12 heavy (non-hydrogen) atoms. The Morgan fingerprint density at radius 3 is 1.50 bits per heavy atom. The van der Waals surface area contributed by atoms with Gasteiger partial charge in [-0.3, -0.25) is 0 Å². The number of hydrogen-bond acceptors (Lipinski definition) is 1. The van der Waals surface area contributed by atoms with E-state index in [1.807, 2.05) is 0 Å². The maximum Gasteiger partial charge on any atom is 0.00127 e. The molecule has 0 aromatic carbocycles. The van der Waals surface area contributed by atoms with Gasteiger partial charge in [0.1, 0.15) is 0 Å². The van der Waals surface area contributed by atoms with Crippen molar-refractivity contribution in [3.63, 3.8) is 0 Å². The van der Waals surface area contributed by atoms with Gasteiger partial charge in [0.05, 0.1) is 0 Å². The second kappa shape index (κ2) is 6.47. The van der Waals surface area contributed by atoms with Gasteiger partial charge < -0.3 is 5.32 Å². The molecular formula is C11H25N. The molecule has 1 fully saturated rings. The maximum atomic E-state index is 3.31.